The Labute approximate surface area is 161 Å². The molecule has 3 aliphatic rings. The molecule has 5 rings (SSSR count). The van der Waals surface area contributed by atoms with E-state index in [2.05, 4.69) is 29.0 Å². The molecule has 0 aliphatic carbocycles. The van der Waals surface area contributed by atoms with E-state index >= 15 is 0 Å². The Hall–Kier alpha value is -2.06. The number of anilines is 1. The Morgan fingerprint density at radius 1 is 1.23 bits per heavy atom. The number of thiol groups is 2. The zero-order valence-electron chi connectivity index (χ0n) is 14.0. The smallest absolute Gasteiger partial charge is 0.260 e. The van der Waals surface area contributed by atoms with E-state index in [1.54, 1.807) is 11.9 Å². The molecule has 4 atom stereocenters. The average molecular weight is 387 g/mol. The molecule has 0 radical (unpaired) electrons. The van der Waals surface area contributed by atoms with Crippen LogP contribution in [0.25, 0.3) is 0 Å². The standard InChI is InChI=1S/C18H18N4O2S2/c1-21-14(25)13(23)22-15-17(10-6-7-19-8-10,9-18(22,26)16(21)24)11-4-2-3-5-12(11)20-15/h2-8,14-15,19-20,25-26H,9H2,1H3/t14-,15+,17-,18-/m0/s1. The minimum Gasteiger partial charge on any atom is -0.367 e. The van der Waals surface area contributed by atoms with E-state index in [9.17, 15) is 9.59 Å². The zero-order chi connectivity index (χ0) is 18.3. The molecule has 1 aromatic carbocycles. The summed E-state index contributed by atoms with van der Waals surface area (Å²) in [6.07, 6.45) is 3.80. The third kappa shape index (κ3) is 1.67. The van der Waals surface area contributed by atoms with Crippen molar-refractivity contribution in [3.8, 4) is 0 Å². The Balaban J connectivity index is 1.78. The van der Waals surface area contributed by atoms with Crippen LogP contribution in [0.3, 0.4) is 0 Å². The monoisotopic (exact) mass is 386 g/mol. The van der Waals surface area contributed by atoms with E-state index in [1.165, 1.54) is 4.90 Å². The van der Waals surface area contributed by atoms with Gasteiger partial charge in [0.2, 0.25) is 0 Å². The van der Waals surface area contributed by atoms with Crippen LogP contribution in [0.1, 0.15) is 17.5 Å². The van der Waals surface area contributed by atoms with Gasteiger partial charge in [-0.05, 0) is 23.3 Å². The fourth-order valence-corrected chi connectivity index (χ4v) is 5.62. The number of hydrogen-bond donors (Lipinski definition) is 4. The number of piperazine rings is 1. The van der Waals surface area contributed by atoms with Gasteiger partial charge in [-0.1, -0.05) is 18.2 Å². The number of benzene rings is 1. The van der Waals surface area contributed by atoms with Gasteiger partial charge < -0.3 is 15.2 Å². The van der Waals surface area contributed by atoms with Gasteiger partial charge >= 0.3 is 0 Å². The predicted octanol–water partition coefficient (Wildman–Crippen LogP) is 1.64. The van der Waals surface area contributed by atoms with Gasteiger partial charge in [-0.15, -0.1) is 25.3 Å². The molecule has 2 fully saturated rings. The number of nitrogens with zero attached hydrogens (tertiary/aromatic N) is 2. The third-order valence-corrected chi connectivity index (χ3v) is 7.08. The molecule has 0 bridgehead atoms. The lowest BCUT2D eigenvalue weighted by molar-refractivity contribution is -0.157. The van der Waals surface area contributed by atoms with Crippen molar-refractivity contribution >= 4 is 42.8 Å². The van der Waals surface area contributed by atoms with Crippen molar-refractivity contribution in [3.63, 3.8) is 0 Å². The first kappa shape index (κ1) is 16.1. The van der Waals surface area contributed by atoms with Gasteiger partial charge in [0, 0.05) is 31.5 Å². The molecule has 26 heavy (non-hydrogen) atoms. The summed E-state index contributed by atoms with van der Waals surface area (Å²) in [5.74, 6) is -0.419. The van der Waals surface area contributed by atoms with E-state index < -0.39 is 21.8 Å². The number of hydrogen-bond acceptors (Lipinski definition) is 5. The lowest BCUT2D eigenvalue weighted by Crippen LogP contribution is -2.67. The Morgan fingerprint density at radius 2 is 2.00 bits per heavy atom. The van der Waals surface area contributed by atoms with Gasteiger partial charge in [-0.3, -0.25) is 14.5 Å². The van der Waals surface area contributed by atoms with Crippen molar-refractivity contribution in [1.82, 2.24) is 14.8 Å². The van der Waals surface area contributed by atoms with Crippen LogP contribution in [-0.2, 0) is 15.0 Å². The predicted molar refractivity (Wildman–Crippen MR) is 104 cm³/mol. The van der Waals surface area contributed by atoms with Gasteiger partial charge in [0.05, 0.1) is 5.41 Å². The quantitative estimate of drug-likeness (QED) is 0.564. The highest BCUT2D eigenvalue weighted by molar-refractivity contribution is 7.83. The maximum absolute atomic E-state index is 13.1. The van der Waals surface area contributed by atoms with Crippen molar-refractivity contribution in [2.45, 2.75) is 28.2 Å². The summed E-state index contributed by atoms with van der Waals surface area (Å²) in [5, 5.41) is 2.66. The van der Waals surface area contributed by atoms with Crippen molar-refractivity contribution in [2.24, 2.45) is 0 Å². The SMILES string of the molecule is CN1C(=O)[C@@]2(S)C[C@]3(c4cc[nH]c4)c4ccccc4N[C@@H]3N2C(=O)[C@@H]1S. The molecule has 2 N–H and O–H groups in total. The number of carbonyl (C=O) groups is 2. The number of fused-ring (bicyclic) bond motifs is 5. The molecular weight excluding hydrogens is 368 g/mol. The summed E-state index contributed by atoms with van der Waals surface area (Å²) >= 11 is 9.14. The van der Waals surface area contributed by atoms with Crippen molar-refractivity contribution in [3.05, 3.63) is 53.9 Å². The maximum Gasteiger partial charge on any atom is 0.260 e. The summed E-state index contributed by atoms with van der Waals surface area (Å²) in [4.78, 5) is 31.1. The number of rotatable bonds is 1. The number of aromatic nitrogens is 1. The first-order valence-corrected chi connectivity index (χ1v) is 9.38. The molecule has 2 saturated heterocycles. The number of H-pyrrole nitrogens is 1. The van der Waals surface area contributed by atoms with E-state index in [1.807, 2.05) is 36.7 Å². The molecular formula is C18H18N4O2S2. The molecule has 8 heteroatoms. The summed E-state index contributed by atoms with van der Waals surface area (Å²) in [6.45, 7) is 0. The second kappa shape index (κ2) is 5.01. The lowest BCUT2D eigenvalue weighted by atomic mass is 9.73. The van der Waals surface area contributed by atoms with E-state index in [0.29, 0.717) is 6.42 Å². The molecule has 0 spiro atoms. The zero-order valence-corrected chi connectivity index (χ0v) is 15.8. The van der Waals surface area contributed by atoms with Crippen LogP contribution in [0.15, 0.2) is 42.7 Å². The maximum atomic E-state index is 13.1. The molecule has 3 aliphatic heterocycles. The molecule has 0 unspecified atom stereocenters. The first-order valence-electron chi connectivity index (χ1n) is 8.41. The van der Waals surface area contributed by atoms with E-state index in [4.69, 9.17) is 12.6 Å². The highest BCUT2D eigenvalue weighted by Gasteiger charge is 2.70. The molecule has 2 amide bonds. The molecule has 0 saturated carbocycles. The summed E-state index contributed by atoms with van der Waals surface area (Å²) < 4.78 is 0. The molecule has 1 aromatic heterocycles. The van der Waals surface area contributed by atoms with E-state index in [-0.39, 0.29) is 11.8 Å². The number of para-hydroxylation sites is 1. The number of aromatic amines is 1. The van der Waals surface area contributed by atoms with Crippen molar-refractivity contribution < 1.29 is 9.59 Å². The molecule has 4 heterocycles. The van der Waals surface area contributed by atoms with Crippen LogP contribution in [0.2, 0.25) is 0 Å². The highest BCUT2D eigenvalue weighted by atomic mass is 32.1. The Bertz CT molecular complexity index is 933. The fraction of sp³-hybridized carbons (Fsp3) is 0.333. The fourth-order valence-electron chi connectivity index (χ4n) is 4.77. The van der Waals surface area contributed by atoms with Crippen LogP contribution in [0, 0.1) is 0 Å². The summed E-state index contributed by atoms with van der Waals surface area (Å²) in [5.41, 5.74) is 2.53. The molecule has 2 aromatic rings. The Morgan fingerprint density at radius 3 is 2.73 bits per heavy atom. The van der Waals surface area contributed by atoms with Crippen LogP contribution >= 0.6 is 25.3 Å². The summed E-state index contributed by atoms with van der Waals surface area (Å²) in [6, 6.07) is 10.0. The third-order valence-electron chi connectivity index (χ3n) is 5.95. The second-order valence-electron chi connectivity index (χ2n) is 7.15. The highest BCUT2D eigenvalue weighted by Crippen LogP contribution is 2.60. The second-order valence-corrected chi connectivity index (χ2v) is 8.38. The van der Waals surface area contributed by atoms with E-state index in [0.717, 1.165) is 16.8 Å². The van der Waals surface area contributed by atoms with Gasteiger partial charge in [0.25, 0.3) is 11.8 Å². The minimum absolute atomic E-state index is 0.205. The van der Waals surface area contributed by atoms with Gasteiger partial charge in [0.1, 0.15) is 6.17 Å². The minimum atomic E-state index is -1.21. The molecule has 134 valence electrons. The lowest BCUT2D eigenvalue weighted by Gasteiger charge is -2.45. The number of amides is 2. The van der Waals surface area contributed by atoms with Crippen LogP contribution in [0.5, 0.6) is 0 Å². The number of nitrogens with one attached hydrogen (secondary N) is 2. The van der Waals surface area contributed by atoms with Gasteiger partial charge in [-0.2, -0.15) is 0 Å². The van der Waals surface area contributed by atoms with Gasteiger partial charge in [0.15, 0.2) is 10.2 Å². The van der Waals surface area contributed by atoms with Crippen molar-refractivity contribution in [2.75, 3.05) is 12.4 Å². The Kier molecular flexibility index (Phi) is 3.11. The average Bonchev–Trinajstić information content (AvgIpc) is 3.31. The topological polar surface area (TPSA) is 68.4 Å². The largest absolute Gasteiger partial charge is 0.367 e. The first-order chi connectivity index (χ1) is 12.4. The van der Waals surface area contributed by atoms with Crippen LogP contribution < -0.4 is 5.32 Å². The normalized spacial score (nSPS) is 35.2. The van der Waals surface area contributed by atoms with Gasteiger partial charge in [-0.25, -0.2) is 0 Å². The molecule has 6 nitrogen and oxygen atoms in total. The number of likely N-dealkylation sites (N-methyl/N-ethyl adjacent to an activating group) is 1. The van der Waals surface area contributed by atoms with Crippen LogP contribution in [0.4, 0.5) is 5.69 Å². The summed E-state index contributed by atoms with van der Waals surface area (Å²) in [7, 11) is 1.60. The number of carbonyl (C=O) groups excluding carboxylic acids is 2. The van der Waals surface area contributed by atoms with Crippen molar-refractivity contribution in [1.29, 1.82) is 0 Å². The van der Waals surface area contributed by atoms with Crippen LogP contribution in [-0.4, -0.2) is 50.1 Å².